The van der Waals surface area contributed by atoms with E-state index in [0.29, 0.717) is 35.2 Å². The van der Waals surface area contributed by atoms with Crippen molar-refractivity contribution >= 4 is 17.9 Å². The Hall–Kier alpha value is -3.97. The smallest absolute Gasteiger partial charge is 0.341 e. The van der Waals surface area contributed by atoms with E-state index in [9.17, 15) is 19.5 Å². The van der Waals surface area contributed by atoms with Crippen LogP contribution in [-0.2, 0) is 19.1 Å². The molecule has 0 aliphatic heterocycles. The molecule has 0 atom stereocenters. The molecule has 0 aromatic heterocycles. The monoisotopic (exact) mass is 532 g/mol. The van der Waals surface area contributed by atoms with Gasteiger partial charge in [0.2, 0.25) is 0 Å². The van der Waals surface area contributed by atoms with Gasteiger partial charge in [0.15, 0.2) is 0 Å². The van der Waals surface area contributed by atoms with E-state index in [1.807, 2.05) is 24.3 Å². The maximum absolute atomic E-state index is 12.4. The molecule has 0 spiro atoms. The molecule has 0 amide bonds. The molecule has 0 saturated heterocycles. The standard InChI is InChI=1S/C32H36O7/c1-20(2)30(34)37-17-16-23-6-8-25(9-7-23)28-18-26(12-15-29(28)39-32(36)22(5)19-33)24-10-13-27(14-11-24)38-31(35)21(3)4/h10-15,18,23,25,33H,1,3,5-9,16-17,19H2,2,4H3. The average molecular weight is 533 g/mol. The number of carbonyl (C=O) groups is 3. The molecule has 0 unspecified atom stereocenters. The van der Waals surface area contributed by atoms with E-state index in [0.717, 1.165) is 48.8 Å². The third kappa shape index (κ3) is 8.26. The summed E-state index contributed by atoms with van der Waals surface area (Å²) in [4.78, 5) is 35.9. The molecule has 3 rings (SSSR count). The van der Waals surface area contributed by atoms with Crippen molar-refractivity contribution < 1.29 is 33.7 Å². The number of ether oxygens (including phenoxy) is 3. The van der Waals surface area contributed by atoms with Crippen molar-refractivity contribution in [2.45, 2.75) is 51.9 Å². The van der Waals surface area contributed by atoms with Gasteiger partial charge in [-0.3, -0.25) is 0 Å². The fourth-order valence-corrected chi connectivity index (χ4v) is 4.49. The minimum absolute atomic E-state index is 0.0158. The van der Waals surface area contributed by atoms with Crippen LogP contribution in [0, 0.1) is 5.92 Å². The van der Waals surface area contributed by atoms with Crippen LogP contribution in [0.15, 0.2) is 78.9 Å². The lowest BCUT2D eigenvalue weighted by molar-refractivity contribution is -0.139. The van der Waals surface area contributed by atoms with Crippen LogP contribution >= 0.6 is 0 Å². The lowest BCUT2D eigenvalue weighted by Crippen LogP contribution is -2.18. The van der Waals surface area contributed by atoms with Crippen LogP contribution in [0.5, 0.6) is 11.5 Å². The number of aliphatic hydroxyl groups excluding tert-OH is 1. The van der Waals surface area contributed by atoms with Gasteiger partial charge < -0.3 is 19.3 Å². The molecule has 1 aliphatic carbocycles. The zero-order chi connectivity index (χ0) is 28.5. The van der Waals surface area contributed by atoms with Gasteiger partial charge in [-0.15, -0.1) is 0 Å². The van der Waals surface area contributed by atoms with Gasteiger partial charge in [0.05, 0.1) is 18.8 Å². The van der Waals surface area contributed by atoms with E-state index >= 15 is 0 Å². The second-order valence-electron chi connectivity index (χ2n) is 10.0. The summed E-state index contributed by atoms with van der Waals surface area (Å²) in [5.74, 6) is -0.0273. The van der Waals surface area contributed by atoms with Gasteiger partial charge in [0.25, 0.3) is 0 Å². The third-order valence-corrected chi connectivity index (χ3v) is 6.83. The molecule has 1 saturated carbocycles. The predicted molar refractivity (Wildman–Crippen MR) is 149 cm³/mol. The Morgan fingerprint density at radius 3 is 2.03 bits per heavy atom. The number of benzene rings is 2. The van der Waals surface area contributed by atoms with Gasteiger partial charge in [-0.25, -0.2) is 14.4 Å². The van der Waals surface area contributed by atoms with E-state index in [4.69, 9.17) is 14.2 Å². The maximum Gasteiger partial charge on any atom is 0.341 e. The first-order valence-corrected chi connectivity index (χ1v) is 13.0. The molecule has 7 nitrogen and oxygen atoms in total. The fraction of sp³-hybridized carbons (Fsp3) is 0.344. The van der Waals surface area contributed by atoms with Crippen LogP contribution in [-0.4, -0.2) is 36.2 Å². The molecule has 2 aromatic rings. The summed E-state index contributed by atoms with van der Waals surface area (Å²) in [7, 11) is 0. The Morgan fingerprint density at radius 2 is 1.44 bits per heavy atom. The van der Waals surface area contributed by atoms with E-state index in [1.165, 1.54) is 0 Å². The Bertz CT molecular complexity index is 1250. The number of aliphatic hydroxyl groups is 1. The van der Waals surface area contributed by atoms with Crippen molar-refractivity contribution in [1.82, 2.24) is 0 Å². The molecule has 0 bridgehead atoms. The van der Waals surface area contributed by atoms with Gasteiger partial charge in [-0.2, -0.15) is 0 Å². The number of carbonyl (C=O) groups excluding carboxylic acids is 3. The van der Waals surface area contributed by atoms with Gasteiger partial charge >= 0.3 is 17.9 Å². The first-order chi connectivity index (χ1) is 18.6. The zero-order valence-electron chi connectivity index (χ0n) is 22.7. The summed E-state index contributed by atoms with van der Waals surface area (Å²) < 4.78 is 16.2. The van der Waals surface area contributed by atoms with Crippen LogP contribution in [0.1, 0.15) is 57.4 Å². The largest absolute Gasteiger partial charge is 0.462 e. The van der Waals surface area contributed by atoms with Gasteiger partial charge in [-0.1, -0.05) is 37.9 Å². The summed E-state index contributed by atoms with van der Waals surface area (Å²) in [6.07, 6.45) is 4.50. The normalized spacial score (nSPS) is 16.6. The first kappa shape index (κ1) is 29.6. The number of hydrogen-bond acceptors (Lipinski definition) is 7. The molecule has 7 heteroatoms. The van der Waals surface area contributed by atoms with Crippen molar-refractivity contribution in [1.29, 1.82) is 0 Å². The molecule has 0 heterocycles. The summed E-state index contributed by atoms with van der Waals surface area (Å²) in [5, 5.41) is 9.29. The second kappa shape index (κ2) is 13.7. The highest BCUT2D eigenvalue weighted by molar-refractivity contribution is 5.90. The molecule has 0 radical (unpaired) electrons. The lowest BCUT2D eigenvalue weighted by atomic mass is 9.77. The molecule has 39 heavy (non-hydrogen) atoms. The Morgan fingerprint density at radius 1 is 0.821 bits per heavy atom. The fourth-order valence-electron chi connectivity index (χ4n) is 4.49. The van der Waals surface area contributed by atoms with Crippen LogP contribution in [0.25, 0.3) is 11.1 Å². The van der Waals surface area contributed by atoms with E-state index < -0.39 is 18.5 Å². The molecule has 1 N–H and O–H groups in total. The van der Waals surface area contributed by atoms with Gasteiger partial charge in [-0.05, 0) is 98.7 Å². The van der Waals surface area contributed by atoms with Crippen LogP contribution in [0.4, 0.5) is 0 Å². The van der Waals surface area contributed by atoms with E-state index in [1.54, 1.807) is 32.0 Å². The number of hydrogen-bond donors (Lipinski definition) is 1. The Labute approximate surface area is 229 Å². The highest BCUT2D eigenvalue weighted by Crippen LogP contribution is 2.42. The van der Waals surface area contributed by atoms with Crippen LogP contribution in [0.2, 0.25) is 0 Å². The maximum atomic E-state index is 12.4. The molecular formula is C32H36O7. The summed E-state index contributed by atoms with van der Waals surface area (Å²) in [6.45, 7) is 13.9. The highest BCUT2D eigenvalue weighted by Gasteiger charge is 2.26. The van der Waals surface area contributed by atoms with Crippen molar-refractivity contribution in [3.63, 3.8) is 0 Å². The zero-order valence-corrected chi connectivity index (χ0v) is 22.7. The van der Waals surface area contributed by atoms with Crippen molar-refractivity contribution in [3.8, 4) is 22.6 Å². The third-order valence-electron chi connectivity index (χ3n) is 6.83. The van der Waals surface area contributed by atoms with Crippen molar-refractivity contribution in [3.05, 3.63) is 84.5 Å². The topological polar surface area (TPSA) is 99.1 Å². The van der Waals surface area contributed by atoms with Gasteiger partial charge in [0, 0.05) is 11.1 Å². The highest BCUT2D eigenvalue weighted by atomic mass is 16.5. The predicted octanol–water partition coefficient (Wildman–Crippen LogP) is 6.07. The summed E-state index contributed by atoms with van der Waals surface area (Å²) in [6, 6.07) is 12.8. The minimum Gasteiger partial charge on any atom is -0.462 e. The molecule has 1 fully saturated rings. The van der Waals surface area contributed by atoms with Crippen molar-refractivity contribution in [2.75, 3.05) is 13.2 Å². The Kier molecular flexibility index (Phi) is 10.4. The number of rotatable bonds is 11. The van der Waals surface area contributed by atoms with Crippen LogP contribution in [0.3, 0.4) is 0 Å². The first-order valence-electron chi connectivity index (χ1n) is 13.0. The lowest BCUT2D eigenvalue weighted by Gasteiger charge is -2.30. The quantitative estimate of drug-likeness (QED) is 0.213. The average Bonchev–Trinajstić information content (AvgIpc) is 2.93. The van der Waals surface area contributed by atoms with E-state index in [2.05, 4.69) is 19.7 Å². The summed E-state index contributed by atoms with van der Waals surface area (Å²) >= 11 is 0. The SMILES string of the molecule is C=C(C)C(=O)OCCC1CCC(c2cc(-c3ccc(OC(=O)C(=C)C)cc3)ccc2OC(=O)C(=C)CO)CC1. The molecular weight excluding hydrogens is 496 g/mol. The minimum atomic E-state index is -0.664. The van der Waals surface area contributed by atoms with Crippen LogP contribution < -0.4 is 9.47 Å². The van der Waals surface area contributed by atoms with Crippen molar-refractivity contribution in [2.24, 2.45) is 5.92 Å². The Balaban J connectivity index is 1.77. The summed E-state index contributed by atoms with van der Waals surface area (Å²) in [5.41, 5.74) is 3.45. The molecule has 2 aromatic carbocycles. The van der Waals surface area contributed by atoms with Gasteiger partial charge in [0.1, 0.15) is 11.5 Å². The number of esters is 3. The molecule has 1 aliphatic rings. The molecule has 206 valence electrons. The van der Waals surface area contributed by atoms with E-state index in [-0.39, 0.29) is 17.5 Å². The second-order valence-corrected chi connectivity index (χ2v) is 10.0.